The topological polar surface area (TPSA) is 33.1 Å². The van der Waals surface area contributed by atoms with Crippen LogP contribution in [0, 0.1) is 0 Å². The number of benzene rings is 2. The van der Waals surface area contributed by atoms with Gasteiger partial charge in [0.1, 0.15) is 11.5 Å². The van der Waals surface area contributed by atoms with Gasteiger partial charge in [-0.15, -0.1) is 0 Å². The van der Waals surface area contributed by atoms with E-state index in [1.165, 1.54) is 12.1 Å². The Labute approximate surface area is 203 Å². The van der Waals surface area contributed by atoms with Crippen LogP contribution in [0.2, 0.25) is 5.02 Å². The maximum Gasteiger partial charge on any atom is 0.416 e. The predicted octanol–water partition coefficient (Wildman–Crippen LogP) is 7.06. The third-order valence-corrected chi connectivity index (χ3v) is 5.71. The Bertz CT molecular complexity index is 1180. The van der Waals surface area contributed by atoms with Gasteiger partial charge in [-0.05, 0) is 43.2 Å². The maximum atomic E-state index is 13.3. The summed E-state index contributed by atoms with van der Waals surface area (Å²) >= 11 is 6.06. The molecule has 4 nitrogen and oxygen atoms in total. The van der Waals surface area contributed by atoms with Crippen LogP contribution in [-0.4, -0.2) is 28.0 Å². The SMILES string of the molecule is C=C(C)Nc1nc(Cc2cccc(C(F)(F)F)c2)n(Cc2ccc(Cl)cc2)c1C(=C)N(C)CC. The van der Waals surface area contributed by atoms with Crippen molar-refractivity contribution in [1.82, 2.24) is 14.5 Å². The van der Waals surface area contributed by atoms with Crippen molar-refractivity contribution in [2.75, 3.05) is 18.9 Å². The number of rotatable bonds is 9. The first-order chi connectivity index (χ1) is 16.0. The largest absolute Gasteiger partial charge is 0.416 e. The van der Waals surface area contributed by atoms with E-state index in [0.717, 1.165) is 29.6 Å². The first-order valence-electron chi connectivity index (χ1n) is 10.8. The Morgan fingerprint density at radius 3 is 2.38 bits per heavy atom. The summed E-state index contributed by atoms with van der Waals surface area (Å²) in [6.45, 7) is 13.2. The average molecular weight is 489 g/mol. The van der Waals surface area contributed by atoms with Gasteiger partial charge in [0.05, 0.1) is 11.3 Å². The lowest BCUT2D eigenvalue weighted by atomic mass is 10.1. The molecule has 2 aromatic carbocycles. The lowest BCUT2D eigenvalue weighted by molar-refractivity contribution is -0.137. The number of nitrogens with one attached hydrogen (secondary N) is 1. The van der Waals surface area contributed by atoms with Crippen molar-refractivity contribution >= 4 is 23.1 Å². The number of hydrogen-bond acceptors (Lipinski definition) is 3. The van der Waals surface area contributed by atoms with Crippen molar-refractivity contribution in [2.45, 2.75) is 33.0 Å². The van der Waals surface area contributed by atoms with Gasteiger partial charge in [-0.2, -0.15) is 13.2 Å². The summed E-state index contributed by atoms with van der Waals surface area (Å²) in [6, 6.07) is 12.8. The van der Waals surface area contributed by atoms with Gasteiger partial charge in [-0.25, -0.2) is 4.98 Å². The lowest BCUT2D eigenvalue weighted by Gasteiger charge is -2.23. The molecule has 3 aromatic rings. The number of allylic oxidation sites excluding steroid dienone is 1. The second-order valence-corrected chi connectivity index (χ2v) is 8.62. The van der Waals surface area contributed by atoms with Crippen LogP contribution in [-0.2, 0) is 19.1 Å². The molecule has 8 heteroatoms. The van der Waals surface area contributed by atoms with Crippen LogP contribution < -0.4 is 5.32 Å². The summed E-state index contributed by atoms with van der Waals surface area (Å²) < 4.78 is 41.8. The summed E-state index contributed by atoms with van der Waals surface area (Å²) in [7, 11) is 1.93. The van der Waals surface area contributed by atoms with Gasteiger partial charge in [0.15, 0.2) is 5.82 Å². The summed E-state index contributed by atoms with van der Waals surface area (Å²) in [6.07, 6.45) is -4.20. The highest BCUT2D eigenvalue weighted by Crippen LogP contribution is 2.32. The van der Waals surface area contributed by atoms with Crippen LogP contribution in [0.1, 0.15) is 42.1 Å². The molecule has 1 aromatic heterocycles. The minimum Gasteiger partial charge on any atom is -0.374 e. The van der Waals surface area contributed by atoms with E-state index in [1.54, 1.807) is 18.2 Å². The second kappa shape index (κ2) is 10.4. The zero-order valence-corrected chi connectivity index (χ0v) is 20.3. The summed E-state index contributed by atoms with van der Waals surface area (Å²) in [4.78, 5) is 6.78. The number of alkyl halides is 3. The molecule has 0 saturated heterocycles. The molecule has 180 valence electrons. The van der Waals surface area contributed by atoms with Crippen LogP contribution >= 0.6 is 11.6 Å². The quantitative estimate of drug-likeness (QED) is 0.350. The van der Waals surface area contributed by atoms with E-state index < -0.39 is 11.7 Å². The van der Waals surface area contributed by atoms with Crippen LogP contribution in [0.3, 0.4) is 0 Å². The van der Waals surface area contributed by atoms with Crippen molar-refractivity contribution < 1.29 is 13.2 Å². The van der Waals surface area contributed by atoms with E-state index in [2.05, 4.69) is 18.5 Å². The van der Waals surface area contributed by atoms with Crippen molar-refractivity contribution in [3.05, 3.63) is 101 Å². The van der Waals surface area contributed by atoms with E-state index in [-0.39, 0.29) is 6.42 Å². The minimum atomic E-state index is -4.41. The summed E-state index contributed by atoms with van der Waals surface area (Å²) in [5.41, 5.74) is 2.99. The second-order valence-electron chi connectivity index (χ2n) is 8.18. The van der Waals surface area contributed by atoms with Crippen molar-refractivity contribution in [1.29, 1.82) is 0 Å². The molecular formula is C26H28ClF3N4. The van der Waals surface area contributed by atoms with E-state index in [9.17, 15) is 13.2 Å². The molecular weight excluding hydrogens is 461 g/mol. The fourth-order valence-corrected chi connectivity index (χ4v) is 3.70. The Morgan fingerprint density at radius 1 is 1.12 bits per heavy atom. The van der Waals surface area contributed by atoms with Crippen LogP contribution in [0.4, 0.5) is 19.0 Å². The predicted molar refractivity (Wildman–Crippen MR) is 133 cm³/mol. The minimum absolute atomic E-state index is 0.214. The van der Waals surface area contributed by atoms with Gasteiger partial charge in [-0.1, -0.05) is 55.1 Å². The Hall–Kier alpha value is -3.19. The molecule has 0 aliphatic carbocycles. The zero-order valence-electron chi connectivity index (χ0n) is 19.5. The molecule has 0 unspecified atom stereocenters. The molecule has 1 N–H and O–H groups in total. The van der Waals surface area contributed by atoms with E-state index >= 15 is 0 Å². The maximum absolute atomic E-state index is 13.3. The molecule has 3 rings (SSSR count). The number of aromatic nitrogens is 2. The van der Waals surface area contributed by atoms with Crippen LogP contribution in [0.15, 0.2) is 67.4 Å². The molecule has 0 bridgehead atoms. The molecule has 0 amide bonds. The van der Waals surface area contributed by atoms with Gasteiger partial charge < -0.3 is 14.8 Å². The Kier molecular flexibility index (Phi) is 7.77. The molecule has 0 saturated carbocycles. The van der Waals surface area contributed by atoms with Crippen LogP contribution in [0.25, 0.3) is 5.70 Å². The van der Waals surface area contributed by atoms with Gasteiger partial charge in [-0.3, -0.25) is 0 Å². The Balaban J connectivity index is 2.15. The monoisotopic (exact) mass is 488 g/mol. The number of nitrogens with zero attached hydrogens (tertiary/aromatic N) is 3. The number of anilines is 1. The van der Waals surface area contributed by atoms with E-state index in [4.69, 9.17) is 16.6 Å². The fourth-order valence-electron chi connectivity index (χ4n) is 3.57. The number of halogens is 4. The Morgan fingerprint density at radius 2 is 1.79 bits per heavy atom. The number of hydrogen-bond donors (Lipinski definition) is 1. The van der Waals surface area contributed by atoms with E-state index in [1.807, 2.05) is 42.5 Å². The third kappa shape index (κ3) is 6.03. The summed E-state index contributed by atoms with van der Waals surface area (Å²) in [5, 5.41) is 3.82. The summed E-state index contributed by atoms with van der Waals surface area (Å²) in [5.74, 6) is 1.17. The van der Waals surface area contributed by atoms with Crippen molar-refractivity contribution in [3.63, 3.8) is 0 Å². The highest BCUT2D eigenvalue weighted by molar-refractivity contribution is 6.30. The normalized spacial score (nSPS) is 11.4. The smallest absolute Gasteiger partial charge is 0.374 e. The van der Waals surface area contributed by atoms with Gasteiger partial charge in [0, 0.05) is 37.3 Å². The van der Waals surface area contributed by atoms with Gasteiger partial charge >= 0.3 is 6.18 Å². The lowest BCUT2D eigenvalue weighted by Crippen LogP contribution is -2.19. The molecule has 0 atom stereocenters. The molecule has 0 aliphatic rings. The number of imidazole rings is 1. The standard InChI is InChI=1S/C26H28ClF3N4/c1-6-33(5)18(4)24-25(31-17(2)3)32-23(34(24)16-19-10-12-22(27)13-11-19)15-20-8-7-9-21(14-20)26(28,29)30/h7-14,31H,2,4,6,15-16H2,1,3,5H3. The molecule has 0 aliphatic heterocycles. The average Bonchev–Trinajstić information content (AvgIpc) is 3.09. The van der Waals surface area contributed by atoms with Crippen LogP contribution in [0.5, 0.6) is 0 Å². The first kappa shape index (κ1) is 25.4. The third-order valence-electron chi connectivity index (χ3n) is 5.46. The molecule has 0 spiro atoms. The van der Waals surface area contributed by atoms with Gasteiger partial charge in [0.2, 0.25) is 0 Å². The molecule has 1 heterocycles. The molecule has 0 fully saturated rings. The fraction of sp³-hybridized carbons (Fsp3) is 0.269. The highest BCUT2D eigenvalue weighted by atomic mass is 35.5. The van der Waals surface area contributed by atoms with Gasteiger partial charge in [0.25, 0.3) is 0 Å². The first-order valence-corrected chi connectivity index (χ1v) is 11.2. The highest BCUT2D eigenvalue weighted by Gasteiger charge is 2.30. The van der Waals surface area contributed by atoms with E-state index in [0.29, 0.717) is 34.5 Å². The van der Waals surface area contributed by atoms with Crippen molar-refractivity contribution in [3.8, 4) is 0 Å². The molecule has 0 radical (unpaired) electrons. The molecule has 34 heavy (non-hydrogen) atoms. The van der Waals surface area contributed by atoms with Crippen molar-refractivity contribution in [2.24, 2.45) is 0 Å². The zero-order chi connectivity index (χ0) is 25.0.